The molecule has 1 aliphatic rings. The molecule has 2 heterocycles. The second-order valence-electron chi connectivity index (χ2n) is 4.93. The van der Waals surface area contributed by atoms with Crippen LogP contribution in [0, 0.1) is 0 Å². The molecule has 2 rings (SSSR count). The lowest BCUT2D eigenvalue weighted by atomic mass is 9.94. The van der Waals surface area contributed by atoms with E-state index in [1.54, 1.807) is 30.3 Å². The average molecular weight is 265 g/mol. The van der Waals surface area contributed by atoms with Gasteiger partial charge in [0.25, 0.3) is 5.91 Å². The number of likely N-dealkylation sites (N-methyl/N-ethyl adjacent to an activating group) is 1. The molecule has 19 heavy (non-hydrogen) atoms. The monoisotopic (exact) mass is 265 g/mol. The summed E-state index contributed by atoms with van der Waals surface area (Å²) in [5.74, 6) is -0.0242. The molecule has 1 amide bonds. The highest BCUT2D eigenvalue weighted by Crippen LogP contribution is 2.24. The van der Waals surface area contributed by atoms with Crippen LogP contribution in [0.15, 0.2) is 18.3 Å². The molecule has 1 saturated heterocycles. The Bertz CT molecular complexity index is 458. The molecule has 0 unspecified atom stereocenters. The minimum absolute atomic E-state index is 0.362. The van der Waals surface area contributed by atoms with Gasteiger partial charge in [0.05, 0.1) is 11.2 Å². The number of carbonyl (C=O) groups is 1. The lowest BCUT2D eigenvalue weighted by molar-refractivity contribution is -0.0573. The zero-order chi connectivity index (χ0) is 13.9. The number of nitrogens with two attached hydrogens (primary N) is 1. The summed E-state index contributed by atoms with van der Waals surface area (Å²) in [5.41, 5.74) is 4.89. The molecule has 1 aromatic heterocycles. The van der Waals surface area contributed by atoms with Gasteiger partial charge in [-0.1, -0.05) is 0 Å². The van der Waals surface area contributed by atoms with Crippen LogP contribution in [-0.2, 0) is 4.74 Å². The Morgan fingerprint density at radius 3 is 2.89 bits per heavy atom. The molecular weight excluding hydrogens is 246 g/mol. The summed E-state index contributed by atoms with van der Waals surface area (Å²) in [6.45, 7) is 1.50. The molecule has 6 heteroatoms. The molecule has 0 atom stereocenters. The Morgan fingerprint density at radius 1 is 1.58 bits per heavy atom. The van der Waals surface area contributed by atoms with E-state index in [4.69, 9.17) is 10.5 Å². The molecule has 1 aromatic rings. The normalized spacial score (nSPS) is 18.0. The number of primary amides is 1. The minimum Gasteiger partial charge on any atom is -0.388 e. The predicted octanol–water partition coefficient (Wildman–Crippen LogP) is 0.158. The minimum atomic E-state index is -0.806. The van der Waals surface area contributed by atoms with Gasteiger partial charge in [-0.05, 0) is 12.1 Å². The van der Waals surface area contributed by atoms with Crippen LogP contribution in [0.1, 0.15) is 23.2 Å². The van der Waals surface area contributed by atoms with Crippen LogP contribution in [0.4, 0.5) is 5.82 Å². The smallest absolute Gasteiger partial charge is 0.252 e. The first-order chi connectivity index (χ1) is 9.02. The van der Waals surface area contributed by atoms with Crippen molar-refractivity contribution in [2.24, 2.45) is 5.73 Å². The third kappa shape index (κ3) is 3.21. The number of hydrogen-bond donors (Lipinski definition) is 2. The van der Waals surface area contributed by atoms with Gasteiger partial charge in [0.1, 0.15) is 5.82 Å². The first-order valence-electron chi connectivity index (χ1n) is 6.28. The third-order valence-electron chi connectivity index (χ3n) is 3.37. The molecular formula is C13H19N3O3. The molecule has 0 radical (unpaired) electrons. The number of nitrogens with zero attached hydrogens (tertiary/aromatic N) is 2. The van der Waals surface area contributed by atoms with Gasteiger partial charge < -0.3 is 20.5 Å². The zero-order valence-electron chi connectivity index (χ0n) is 11.0. The summed E-state index contributed by atoms with van der Waals surface area (Å²) in [6.07, 6.45) is 2.76. The van der Waals surface area contributed by atoms with E-state index < -0.39 is 11.5 Å². The van der Waals surface area contributed by atoms with Crippen LogP contribution in [0.2, 0.25) is 0 Å². The molecule has 6 nitrogen and oxygen atoms in total. The summed E-state index contributed by atoms with van der Waals surface area (Å²) in [7, 11) is 1.79. The second kappa shape index (κ2) is 5.54. The fourth-order valence-corrected chi connectivity index (χ4v) is 2.32. The lowest BCUT2D eigenvalue weighted by Crippen LogP contribution is -2.46. The Balaban J connectivity index is 2.15. The van der Waals surface area contributed by atoms with Crippen molar-refractivity contribution in [1.29, 1.82) is 0 Å². The van der Waals surface area contributed by atoms with Crippen LogP contribution in [-0.4, -0.2) is 48.4 Å². The van der Waals surface area contributed by atoms with Crippen molar-refractivity contribution in [1.82, 2.24) is 4.98 Å². The Kier molecular flexibility index (Phi) is 4.01. The van der Waals surface area contributed by atoms with E-state index in [1.807, 2.05) is 0 Å². The van der Waals surface area contributed by atoms with E-state index in [9.17, 15) is 9.90 Å². The second-order valence-corrected chi connectivity index (χ2v) is 4.93. The van der Waals surface area contributed by atoms with Gasteiger partial charge >= 0.3 is 0 Å². The average Bonchev–Trinajstić information content (AvgIpc) is 2.39. The largest absolute Gasteiger partial charge is 0.388 e. The SMILES string of the molecule is CN(CC1(O)CCOCC1)c1ncccc1C(N)=O. The van der Waals surface area contributed by atoms with Gasteiger partial charge in [0.15, 0.2) is 0 Å². The quantitative estimate of drug-likeness (QED) is 0.809. The highest BCUT2D eigenvalue weighted by atomic mass is 16.5. The highest BCUT2D eigenvalue weighted by molar-refractivity contribution is 5.97. The summed E-state index contributed by atoms with van der Waals surface area (Å²) in [5, 5.41) is 10.5. The molecule has 0 saturated carbocycles. The van der Waals surface area contributed by atoms with Crippen molar-refractivity contribution in [3.8, 4) is 0 Å². The van der Waals surface area contributed by atoms with Crippen LogP contribution in [0.5, 0.6) is 0 Å². The maximum Gasteiger partial charge on any atom is 0.252 e. The number of anilines is 1. The summed E-state index contributed by atoms with van der Waals surface area (Å²) in [6, 6.07) is 3.30. The molecule has 0 spiro atoms. The summed E-state index contributed by atoms with van der Waals surface area (Å²) < 4.78 is 5.25. The molecule has 0 aliphatic carbocycles. The number of pyridine rings is 1. The Hall–Kier alpha value is -1.66. The van der Waals surface area contributed by atoms with Crippen LogP contribution >= 0.6 is 0 Å². The van der Waals surface area contributed by atoms with Crippen molar-refractivity contribution < 1.29 is 14.6 Å². The first-order valence-corrected chi connectivity index (χ1v) is 6.28. The number of hydrogen-bond acceptors (Lipinski definition) is 5. The number of aliphatic hydroxyl groups is 1. The maximum atomic E-state index is 11.4. The van der Waals surface area contributed by atoms with Gasteiger partial charge in [0, 0.05) is 45.8 Å². The molecule has 1 fully saturated rings. The van der Waals surface area contributed by atoms with Crippen molar-refractivity contribution in [3.63, 3.8) is 0 Å². The zero-order valence-corrected chi connectivity index (χ0v) is 11.0. The van der Waals surface area contributed by atoms with E-state index in [0.29, 0.717) is 44.0 Å². The van der Waals surface area contributed by atoms with Crippen molar-refractivity contribution in [3.05, 3.63) is 23.9 Å². The Labute approximate surface area is 112 Å². The lowest BCUT2D eigenvalue weighted by Gasteiger charge is -2.36. The van der Waals surface area contributed by atoms with Crippen LogP contribution < -0.4 is 10.6 Å². The highest BCUT2D eigenvalue weighted by Gasteiger charge is 2.32. The van der Waals surface area contributed by atoms with E-state index in [1.165, 1.54) is 0 Å². The van der Waals surface area contributed by atoms with Gasteiger partial charge in [-0.2, -0.15) is 0 Å². The molecule has 1 aliphatic heterocycles. The van der Waals surface area contributed by atoms with Gasteiger partial charge in [0.2, 0.25) is 0 Å². The Morgan fingerprint density at radius 2 is 2.26 bits per heavy atom. The van der Waals surface area contributed by atoms with E-state index in [2.05, 4.69) is 4.98 Å². The standard InChI is InChI=1S/C13H19N3O3/c1-16(9-13(18)4-7-19-8-5-13)12-10(11(14)17)3-2-6-15-12/h2-3,6,18H,4-5,7-9H2,1H3,(H2,14,17). The number of carbonyl (C=O) groups excluding carboxylic acids is 1. The molecule has 0 aromatic carbocycles. The topological polar surface area (TPSA) is 88.7 Å². The third-order valence-corrected chi connectivity index (χ3v) is 3.37. The fraction of sp³-hybridized carbons (Fsp3) is 0.538. The van der Waals surface area contributed by atoms with E-state index >= 15 is 0 Å². The number of amides is 1. The van der Waals surface area contributed by atoms with Gasteiger partial charge in [-0.25, -0.2) is 4.98 Å². The van der Waals surface area contributed by atoms with Crippen LogP contribution in [0.3, 0.4) is 0 Å². The number of rotatable bonds is 4. The molecule has 0 bridgehead atoms. The van der Waals surface area contributed by atoms with E-state index in [-0.39, 0.29) is 0 Å². The van der Waals surface area contributed by atoms with Gasteiger partial charge in [-0.15, -0.1) is 0 Å². The van der Waals surface area contributed by atoms with Crippen LogP contribution in [0.25, 0.3) is 0 Å². The van der Waals surface area contributed by atoms with Crippen molar-refractivity contribution >= 4 is 11.7 Å². The molecule has 3 N–H and O–H groups in total. The van der Waals surface area contributed by atoms with E-state index in [0.717, 1.165) is 0 Å². The van der Waals surface area contributed by atoms with Crippen molar-refractivity contribution in [2.45, 2.75) is 18.4 Å². The number of ether oxygens (including phenoxy) is 1. The van der Waals surface area contributed by atoms with Gasteiger partial charge in [-0.3, -0.25) is 4.79 Å². The molecule has 104 valence electrons. The van der Waals surface area contributed by atoms with Crippen molar-refractivity contribution in [2.75, 3.05) is 31.7 Å². The first kappa shape index (κ1) is 13.8. The summed E-state index contributed by atoms with van der Waals surface area (Å²) >= 11 is 0. The summed E-state index contributed by atoms with van der Waals surface area (Å²) in [4.78, 5) is 17.3. The predicted molar refractivity (Wildman–Crippen MR) is 71.0 cm³/mol. The maximum absolute atomic E-state index is 11.4. The fourth-order valence-electron chi connectivity index (χ4n) is 2.32. The number of aromatic nitrogens is 1.